The Morgan fingerprint density at radius 2 is 1.85 bits per heavy atom. The lowest BCUT2D eigenvalue weighted by Gasteiger charge is -2.12. The first-order valence-electron chi connectivity index (χ1n) is 6.43. The highest BCUT2D eigenvalue weighted by Crippen LogP contribution is 2.24. The molecule has 0 aliphatic carbocycles. The van der Waals surface area contributed by atoms with Gasteiger partial charge in [0.25, 0.3) is 0 Å². The molecule has 0 radical (unpaired) electrons. The largest absolute Gasteiger partial charge is 0.489 e. The molecule has 0 aliphatic heterocycles. The van der Waals surface area contributed by atoms with E-state index in [-0.39, 0.29) is 0 Å². The van der Waals surface area contributed by atoms with Crippen molar-refractivity contribution in [3.63, 3.8) is 0 Å². The first kappa shape index (κ1) is 16.8. The van der Waals surface area contributed by atoms with Crippen LogP contribution in [0.5, 0.6) is 5.75 Å². The molecule has 0 amide bonds. The van der Waals surface area contributed by atoms with Crippen molar-refractivity contribution in [1.82, 2.24) is 0 Å². The number of carbonyl (C=O) groups is 1. The van der Waals surface area contributed by atoms with E-state index in [9.17, 15) is 4.79 Å². The van der Waals surface area contributed by atoms with E-state index < -0.39 is 0 Å². The number of ether oxygens (including phenoxy) is 3. The molecule has 1 N–H and O–H groups in total. The average molecular weight is 302 g/mol. The molecule has 0 unspecified atom stereocenters. The minimum atomic E-state index is 0.409. The van der Waals surface area contributed by atoms with E-state index in [4.69, 9.17) is 25.8 Å². The maximum absolute atomic E-state index is 10.7. The lowest BCUT2D eigenvalue weighted by molar-refractivity contribution is 0.0411. The second-order valence-electron chi connectivity index (χ2n) is 3.89. The molecular formula is C14H20ClNO4. The topological polar surface area (TPSA) is 56.8 Å². The lowest BCUT2D eigenvalue weighted by Crippen LogP contribution is -2.12. The molecule has 0 bridgehead atoms. The van der Waals surface area contributed by atoms with Crippen LogP contribution in [0.3, 0.4) is 0 Å². The normalized spacial score (nSPS) is 10.3. The summed E-state index contributed by atoms with van der Waals surface area (Å²) >= 11 is 5.47. The van der Waals surface area contributed by atoms with E-state index in [1.165, 1.54) is 0 Å². The van der Waals surface area contributed by atoms with E-state index >= 15 is 0 Å². The summed E-state index contributed by atoms with van der Waals surface area (Å²) in [5, 5.41) is 3.01. The molecule has 0 saturated heterocycles. The van der Waals surface area contributed by atoms with Crippen molar-refractivity contribution in [1.29, 1.82) is 0 Å². The number of aldehydes is 1. The van der Waals surface area contributed by atoms with Crippen LogP contribution in [0.15, 0.2) is 18.2 Å². The summed E-state index contributed by atoms with van der Waals surface area (Å²) in [6, 6.07) is 5.23. The Hall–Kier alpha value is -1.30. The number of halogens is 1. The second kappa shape index (κ2) is 10.5. The fourth-order valence-corrected chi connectivity index (χ4v) is 1.63. The number of carbonyl (C=O) groups excluding carboxylic acids is 1. The third-order valence-corrected chi connectivity index (χ3v) is 2.64. The summed E-state index contributed by atoms with van der Waals surface area (Å²) in [5.41, 5.74) is 1.41. The smallest absolute Gasteiger partial charge is 0.150 e. The number of benzene rings is 1. The first-order valence-corrected chi connectivity index (χ1v) is 6.96. The van der Waals surface area contributed by atoms with Gasteiger partial charge in [0.05, 0.1) is 32.1 Å². The van der Waals surface area contributed by atoms with Gasteiger partial charge in [0.1, 0.15) is 18.6 Å². The first-order chi connectivity index (χ1) is 9.81. The standard InChI is InChI=1S/C14H20ClNO4/c1-16-13-3-2-12(11-17)10-14(13)20-9-8-19-7-6-18-5-4-15/h2-3,10-11,16H,4-9H2,1H3. The molecule has 1 rings (SSSR count). The van der Waals surface area contributed by atoms with Crippen LogP contribution in [0, 0.1) is 0 Å². The van der Waals surface area contributed by atoms with Gasteiger partial charge in [0.15, 0.2) is 0 Å². The Morgan fingerprint density at radius 3 is 2.50 bits per heavy atom. The third-order valence-electron chi connectivity index (χ3n) is 2.49. The Balaban J connectivity index is 2.25. The molecule has 1 aromatic carbocycles. The van der Waals surface area contributed by atoms with Crippen molar-refractivity contribution in [2.24, 2.45) is 0 Å². The Morgan fingerprint density at radius 1 is 1.15 bits per heavy atom. The molecule has 0 spiro atoms. The van der Waals surface area contributed by atoms with E-state index in [1.807, 2.05) is 0 Å². The van der Waals surface area contributed by atoms with Gasteiger partial charge in [-0.05, 0) is 18.2 Å². The van der Waals surface area contributed by atoms with Crippen LogP contribution in [-0.4, -0.2) is 52.2 Å². The summed E-state index contributed by atoms with van der Waals surface area (Å²) < 4.78 is 16.1. The van der Waals surface area contributed by atoms with Crippen molar-refractivity contribution in [3.05, 3.63) is 23.8 Å². The molecule has 0 fully saturated rings. The monoisotopic (exact) mass is 301 g/mol. The van der Waals surface area contributed by atoms with Gasteiger partial charge in [-0.3, -0.25) is 4.79 Å². The Bertz CT molecular complexity index is 401. The van der Waals surface area contributed by atoms with Gasteiger partial charge in [-0.2, -0.15) is 0 Å². The van der Waals surface area contributed by atoms with Gasteiger partial charge in [-0.25, -0.2) is 0 Å². The van der Waals surface area contributed by atoms with Crippen LogP contribution >= 0.6 is 11.6 Å². The maximum atomic E-state index is 10.7. The number of alkyl halides is 1. The van der Waals surface area contributed by atoms with Crippen LogP contribution in [0.4, 0.5) is 5.69 Å². The van der Waals surface area contributed by atoms with Crippen LogP contribution in [0.25, 0.3) is 0 Å². The number of hydrogen-bond acceptors (Lipinski definition) is 5. The zero-order valence-corrected chi connectivity index (χ0v) is 12.3. The van der Waals surface area contributed by atoms with Gasteiger partial charge in [0, 0.05) is 18.5 Å². The Labute approximate surface area is 124 Å². The van der Waals surface area contributed by atoms with Crippen molar-refractivity contribution in [2.45, 2.75) is 0 Å². The minimum absolute atomic E-state index is 0.409. The zero-order chi connectivity index (χ0) is 14.6. The van der Waals surface area contributed by atoms with Gasteiger partial charge in [0.2, 0.25) is 0 Å². The highest BCUT2D eigenvalue weighted by atomic mass is 35.5. The fraction of sp³-hybridized carbons (Fsp3) is 0.500. The molecule has 5 nitrogen and oxygen atoms in total. The molecule has 0 heterocycles. The SMILES string of the molecule is CNc1ccc(C=O)cc1OCCOCCOCCCl. The maximum Gasteiger partial charge on any atom is 0.150 e. The molecule has 0 aliphatic rings. The van der Waals surface area contributed by atoms with Gasteiger partial charge in [-0.15, -0.1) is 11.6 Å². The zero-order valence-electron chi connectivity index (χ0n) is 11.6. The van der Waals surface area contributed by atoms with Crippen LogP contribution < -0.4 is 10.1 Å². The van der Waals surface area contributed by atoms with Crippen molar-refractivity contribution in [3.8, 4) is 5.75 Å². The number of rotatable bonds is 11. The summed E-state index contributed by atoms with van der Waals surface area (Å²) in [4.78, 5) is 10.7. The van der Waals surface area contributed by atoms with Gasteiger partial charge >= 0.3 is 0 Å². The van der Waals surface area contributed by atoms with E-state index in [1.54, 1.807) is 25.2 Å². The van der Waals surface area contributed by atoms with E-state index in [0.717, 1.165) is 12.0 Å². The predicted molar refractivity (Wildman–Crippen MR) is 79.2 cm³/mol. The summed E-state index contributed by atoms with van der Waals surface area (Å²) in [5.74, 6) is 1.13. The van der Waals surface area contributed by atoms with E-state index in [2.05, 4.69) is 5.32 Å². The summed E-state index contributed by atoms with van der Waals surface area (Å²) in [7, 11) is 1.80. The van der Waals surface area contributed by atoms with Crippen LogP contribution in [0.2, 0.25) is 0 Å². The summed E-state index contributed by atoms with van der Waals surface area (Å²) in [6.07, 6.45) is 0.789. The molecular weight excluding hydrogens is 282 g/mol. The minimum Gasteiger partial charge on any atom is -0.489 e. The Kier molecular flexibility index (Phi) is 8.78. The summed E-state index contributed by atoms with van der Waals surface area (Å²) in [6.45, 7) is 2.43. The molecule has 20 heavy (non-hydrogen) atoms. The third kappa shape index (κ3) is 6.23. The number of anilines is 1. The number of hydrogen-bond donors (Lipinski definition) is 1. The van der Waals surface area contributed by atoms with Gasteiger partial charge in [-0.1, -0.05) is 0 Å². The fourth-order valence-electron chi connectivity index (χ4n) is 1.53. The van der Waals surface area contributed by atoms with Crippen molar-refractivity contribution in [2.75, 3.05) is 51.3 Å². The molecule has 6 heteroatoms. The lowest BCUT2D eigenvalue weighted by atomic mass is 10.2. The second-order valence-corrected chi connectivity index (χ2v) is 4.26. The molecule has 112 valence electrons. The molecule has 0 saturated carbocycles. The molecule has 0 atom stereocenters. The average Bonchev–Trinajstić information content (AvgIpc) is 2.49. The van der Waals surface area contributed by atoms with Crippen molar-refractivity contribution < 1.29 is 19.0 Å². The predicted octanol–water partition coefficient (Wildman–Crippen LogP) is 2.19. The molecule has 1 aromatic rings. The van der Waals surface area contributed by atoms with Gasteiger partial charge < -0.3 is 19.5 Å². The number of nitrogens with one attached hydrogen (secondary N) is 1. The molecule has 0 aromatic heterocycles. The van der Waals surface area contributed by atoms with Crippen LogP contribution in [-0.2, 0) is 9.47 Å². The highest BCUT2D eigenvalue weighted by molar-refractivity contribution is 6.17. The van der Waals surface area contributed by atoms with Crippen LogP contribution in [0.1, 0.15) is 10.4 Å². The van der Waals surface area contributed by atoms with Crippen molar-refractivity contribution >= 4 is 23.6 Å². The quantitative estimate of drug-likeness (QED) is 0.386. The van der Waals surface area contributed by atoms with E-state index in [0.29, 0.717) is 50.2 Å². The highest BCUT2D eigenvalue weighted by Gasteiger charge is 2.03.